The zero-order chi connectivity index (χ0) is 17.8. The highest BCUT2D eigenvalue weighted by Gasteiger charge is 2.17. The summed E-state index contributed by atoms with van der Waals surface area (Å²) in [5, 5.41) is 1.08. The van der Waals surface area contributed by atoms with Gasteiger partial charge in [-0.15, -0.1) is 0 Å². The molecule has 0 unspecified atom stereocenters. The molecule has 0 radical (unpaired) electrons. The number of carbonyl (C=O) groups is 1. The number of carbonyl (C=O) groups excluding carboxylic acids is 1. The number of hydrogen-bond acceptors (Lipinski definition) is 5. The molecule has 0 amide bonds. The van der Waals surface area contributed by atoms with Gasteiger partial charge in [-0.05, 0) is 24.6 Å². The van der Waals surface area contributed by atoms with Crippen LogP contribution in [0.2, 0.25) is 0 Å². The minimum absolute atomic E-state index is 0.0816. The average molecular weight is 354 g/mol. The summed E-state index contributed by atoms with van der Waals surface area (Å²) in [5.41, 5.74) is 1.51. The predicted octanol–water partition coefficient (Wildman–Crippen LogP) is 3.42. The Morgan fingerprint density at radius 1 is 1.16 bits per heavy atom. The molecule has 0 saturated carbocycles. The number of aromatic nitrogens is 2. The van der Waals surface area contributed by atoms with Crippen molar-refractivity contribution >= 4 is 28.6 Å². The van der Waals surface area contributed by atoms with E-state index in [0.29, 0.717) is 16.1 Å². The molecule has 3 rings (SSSR count). The van der Waals surface area contributed by atoms with Crippen LogP contribution in [0.25, 0.3) is 10.9 Å². The maximum absolute atomic E-state index is 12.8. The fourth-order valence-corrected chi connectivity index (χ4v) is 3.56. The van der Waals surface area contributed by atoms with E-state index in [1.165, 1.54) is 23.4 Å². The van der Waals surface area contributed by atoms with Crippen molar-refractivity contribution in [2.45, 2.75) is 23.9 Å². The lowest BCUT2D eigenvalue weighted by molar-refractivity contribution is -0.141. The van der Waals surface area contributed by atoms with E-state index in [9.17, 15) is 9.59 Å². The number of methoxy groups -OCH3 is 1. The van der Waals surface area contributed by atoms with Crippen molar-refractivity contribution < 1.29 is 9.53 Å². The summed E-state index contributed by atoms with van der Waals surface area (Å²) in [6.07, 6.45) is 0. The molecule has 2 aromatic carbocycles. The summed E-state index contributed by atoms with van der Waals surface area (Å²) >= 11 is 1.45. The van der Waals surface area contributed by atoms with Gasteiger partial charge in [0.1, 0.15) is 6.54 Å². The Labute approximate surface area is 149 Å². The quantitative estimate of drug-likeness (QED) is 0.399. The molecule has 3 aromatic rings. The summed E-state index contributed by atoms with van der Waals surface area (Å²) in [7, 11) is 1.31. The fraction of sp³-hybridized carbons (Fsp3) is 0.211. The number of ether oxygens (including phenoxy) is 1. The summed E-state index contributed by atoms with van der Waals surface area (Å²) in [4.78, 5) is 29.2. The topological polar surface area (TPSA) is 61.2 Å². The number of benzene rings is 2. The van der Waals surface area contributed by atoms with Gasteiger partial charge in [-0.25, -0.2) is 4.98 Å². The van der Waals surface area contributed by atoms with E-state index in [1.807, 2.05) is 43.3 Å². The number of hydrogen-bond donors (Lipinski definition) is 0. The van der Waals surface area contributed by atoms with Crippen molar-refractivity contribution in [3.8, 4) is 0 Å². The SMILES string of the molecule is COC(=O)Cn1c(S[C@H](C)c2ccccc2)nc2ccccc2c1=O. The van der Waals surface area contributed by atoms with Gasteiger partial charge in [0.2, 0.25) is 0 Å². The number of esters is 1. The smallest absolute Gasteiger partial charge is 0.325 e. The Bertz CT molecular complexity index is 954. The third-order valence-electron chi connectivity index (χ3n) is 3.89. The van der Waals surface area contributed by atoms with Crippen LogP contribution in [0.3, 0.4) is 0 Å². The molecule has 0 N–H and O–H groups in total. The molecule has 1 atom stereocenters. The Morgan fingerprint density at radius 3 is 2.56 bits per heavy atom. The molecule has 0 saturated heterocycles. The van der Waals surface area contributed by atoms with Gasteiger partial charge in [0, 0.05) is 5.25 Å². The minimum atomic E-state index is -0.478. The molecule has 0 aliphatic heterocycles. The predicted molar refractivity (Wildman–Crippen MR) is 98.7 cm³/mol. The Balaban J connectivity index is 2.07. The highest BCUT2D eigenvalue weighted by atomic mass is 32.2. The molecule has 128 valence electrons. The van der Waals surface area contributed by atoms with Crippen LogP contribution in [0.5, 0.6) is 0 Å². The lowest BCUT2D eigenvalue weighted by Gasteiger charge is -2.16. The molecule has 1 aromatic heterocycles. The second kappa shape index (κ2) is 7.53. The second-order valence-electron chi connectivity index (χ2n) is 5.55. The van der Waals surface area contributed by atoms with E-state index in [1.54, 1.807) is 18.2 Å². The van der Waals surface area contributed by atoms with Crippen molar-refractivity contribution in [1.29, 1.82) is 0 Å². The van der Waals surface area contributed by atoms with Gasteiger partial charge >= 0.3 is 5.97 Å². The number of para-hydroxylation sites is 1. The Kier molecular flexibility index (Phi) is 5.19. The lowest BCUT2D eigenvalue weighted by atomic mass is 10.2. The molecule has 25 heavy (non-hydrogen) atoms. The zero-order valence-corrected chi connectivity index (χ0v) is 14.8. The van der Waals surface area contributed by atoms with Crippen molar-refractivity contribution in [2.75, 3.05) is 7.11 Å². The van der Waals surface area contributed by atoms with Crippen LogP contribution in [0.15, 0.2) is 64.5 Å². The van der Waals surface area contributed by atoms with Crippen LogP contribution in [-0.2, 0) is 16.1 Å². The van der Waals surface area contributed by atoms with Gasteiger partial charge in [0.15, 0.2) is 5.16 Å². The Hall–Kier alpha value is -2.60. The normalized spacial score (nSPS) is 12.1. The second-order valence-corrected chi connectivity index (χ2v) is 6.86. The van der Waals surface area contributed by atoms with Crippen LogP contribution in [-0.4, -0.2) is 22.6 Å². The molecule has 0 bridgehead atoms. The molecule has 0 fully saturated rings. The molecule has 5 nitrogen and oxygen atoms in total. The van der Waals surface area contributed by atoms with Gasteiger partial charge in [-0.1, -0.05) is 54.2 Å². The summed E-state index contributed by atoms with van der Waals surface area (Å²) in [6.45, 7) is 1.89. The van der Waals surface area contributed by atoms with E-state index in [2.05, 4.69) is 4.98 Å². The van der Waals surface area contributed by atoms with Crippen LogP contribution in [0.1, 0.15) is 17.7 Å². The zero-order valence-electron chi connectivity index (χ0n) is 14.0. The third kappa shape index (κ3) is 3.74. The molecular weight excluding hydrogens is 336 g/mol. The third-order valence-corrected chi connectivity index (χ3v) is 5.04. The standard InChI is InChI=1S/C19H18N2O3S/c1-13(14-8-4-3-5-9-14)25-19-20-16-11-7-6-10-15(16)18(23)21(19)12-17(22)24-2/h3-11,13H,12H2,1-2H3/t13-/m1/s1. The first-order chi connectivity index (χ1) is 12.1. The molecule has 1 heterocycles. The minimum Gasteiger partial charge on any atom is -0.468 e. The molecule has 0 spiro atoms. The van der Waals surface area contributed by atoms with Crippen molar-refractivity contribution in [3.63, 3.8) is 0 Å². The first-order valence-electron chi connectivity index (χ1n) is 7.88. The highest BCUT2D eigenvalue weighted by Crippen LogP contribution is 2.33. The number of rotatable bonds is 5. The summed E-state index contributed by atoms with van der Waals surface area (Å²) < 4.78 is 6.12. The number of nitrogens with zero attached hydrogens (tertiary/aromatic N) is 2. The fourth-order valence-electron chi connectivity index (χ4n) is 2.52. The van der Waals surface area contributed by atoms with Crippen LogP contribution in [0, 0.1) is 0 Å². The lowest BCUT2D eigenvalue weighted by Crippen LogP contribution is -2.27. The van der Waals surface area contributed by atoms with E-state index < -0.39 is 5.97 Å². The summed E-state index contributed by atoms with van der Waals surface area (Å²) in [6, 6.07) is 17.1. The molecule has 0 aliphatic rings. The maximum Gasteiger partial charge on any atom is 0.325 e. The molecule has 6 heteroatoms. The first-order valence-corrected chi connectivity index (χ1v) is 8.76. The van der Waals surface area contributed by atoms with E-state index >= 15 is 0 Å². The Morgan fingerprint density at radius 2 is 1.84 bits per heavy atom. The first kappa shape index (κ1) is 17.2. The van der Waals surface area contributed by atoms with Gasteiger partial charge < -0.3 is 4.74 Å². The molecular formula is C19H18N2O3S. The van der Waals surface area contributed by atoms with E-state index in [0.717, 1.165) is 5.56 Å². The van der Waals surface area contributed by atoms with Gasteiger partial charge in [-0.2, -0.15) is 0 Å². The van der Waals surface area contributed by atoms with Crippen LogP contribution >= 0.6 is 11.8 Å². The van der Waals surface area contributed by atoms with Gasteiger partial charge in [0.05, 0.1) is 18.0 Å². The van der Waals surface area contributed by atoms with Crippen LogP contribution < -0.4 is 5.56 Å². The van der Waals surface area contributed by atoms with Crippen LogP contribution in [0.4, 0.5) is 0 Å². The van der Waals surface area contributed by atoms with Gasteiger partial charge in [-0.3, -0.25) is 14.2 Å². The van der Waals surface area contributed by atoms with Crippen molar-refractivity contribution in [2.24, 2.45) is 0 Å². The van der Waals surface area contributed by atoms with E-state index in [-0.39, 0.29) is 17.4 Å². The largest absolute Gasteiger partial charge is 0.468 e. The molecule has 0 aliphatic carbocycles. The van der Waals surface area contributed by atoms with E-state index in [4.69, 9.17) is 4.74 Å². The number of thioether (sulfide) groups is 1. The highest BCUT2D eigenvalue weighted by molar-refractivity contribution is 7.99. The van der Waals surface area contributed by atoms with Crippen molar-refractivity contribution in [1.82, 2.24) is 9.55 Å². The number of fused-ring (bicyclic) bond motifs is 1. The van der Waals surface area contributed by atoms with Crippen molar-refractivity contribution in [3.05, 3.63) is 70.5 Å². The van der Waals surface area contributed by atoms with Gasteiger partial charge in [0.25, 0.3) is 5.56 Å². The average Bonchev–Trinajstić information content (AvgIpc) is 2.65. The monoisotopic (exact) mass is 354 g/mol. The summed E-state index contributed by atoms with van der Waals surface area (Å²) in [5.74, 6) is -0.478. The maximum atomic E-state index is 12.8.